The van der Waals surface area contributed by atoms with Crippen molar-refractivity contribution < 1.29 is 4.79 Å². The van der Waals surface area contributed by atoms with Gasteiger partial charge >= 0.3 is 0 Å². The highest BCUT2D eigenvalue weighted by molar-refractivity contribution is 6.35. The van der Waals surface area contributed by atoms with E-state index in [1.165, 1.54) is 12.4 Å². The Balaban J connectivity index is 2.07. The van der Waals surface area contributed by atoms with Crippen molar-refractivity contribution in [2.75, 3.05) is 5.32 Å². The summed E-state index contributed by atoms with van der Waals surface area (Å²) in [4.78, 5) is 20.2. The predicted molar refractivity (Wildman–Crippen MR) is 89.0 cm³/mol. The standard InChI is InChI=1S/C15H16Cl2N4O/c1-3-9(2)20-15(22)13-7-19-14(8-18-13)21-12-5-10(16)4-11(17)6-12/h4-9H,3H2,1-2H3,(H,19,21)(H,20,22). The topological polar surface area (TPSA) is 66.9 Å². The molecule has 5 nitrogen and oxygen atoms in total. The number of benzene rings is 1. The molecule has 0 aliphatic carbocycles. The molecule has 0 bridgehead atoms. The van der Waals surface area contributed by atoms with E-state index in [9.17, 15) is 4.79 Å². The summed E-state index contributed by atoms with van der Waals surface area (Å²) in [5, 5.41) is 6.90. The smallest absolute Gasteiger partial charge is 0.271 e. The minimum Gasteiger partial charge on any atom is -0.348 e. The molecule has 0 spiro atoms. The Kier molecular flexibility index (Phi) is 5.57. The minimum absolute atomic E-state index is 0.0979. The van der Waals surface area contributed by atoms with E-state index in [1.807, 2.05) is 13.8 Å². The third kappa shape index (κ3) is 4.58. The summed E-state index contributed by atoms with van der Waals surface area (Å²) in [5.74, 6) is 0.262. The predicted octanol–water partition coefficient (Wildman–Crippen LogP) is 4.06. The van der Waals surface area contributed by atoms with Crippen molar-refractivity contribution in [2.45, 2.75) is 26.3 Å². The lowest BCUT2D eigenvalue weighted by atomic mass is 10.2. The van der Waals surface area contributed by atoms with Crippen molar-refractivity contribution in [1.29, 1.82) is 0 Å². The molecule has 0 aliphatic rings. The Labute approximate surface area is 139 Å². The lowest BCUT2D eigenvalue weighted by Crippen LogP contribution is -2.32. The van der Waals surface area contributed by atoms with Crippen LogP contribution in [0.2, 0.25) is 10.0 Å². The first kappa shape index (κ1) is 16.5. The Morgan fingerprint density at radius 2 is 1.86 bits per heavy atom. The van der Waals surface area contributed by atoms with E-state index in [0.717, 1.165) is 6.42 Å². The molecule has 7 heteroatoms. The molecule has 0 aliphatic heterocycles. The molecule has 2 rings (SSSR count). The molecule has 0 saturated carbocycles. The number of rotatable bonds is 5. The summed E-state index contributed by atoms with van der Waals surface area (Å²) in [6.07, 6.45) is 3.76. The molecule has 1 heterocycles. The lowest BCUT2D eigenvalue weighted by Gasteiger charge is -2.11. The number of aromatic nitrogens is 2. The number of carbonyl (C=O) groups excluding carboxylic acids is 1. The molecule has 0 fully saturated rings. The average molecular weight is 339 g/mol. The highest BCUT2D eigenvalue weighted by atomic mass is 35.5. The third-order valence-electron chi connectivity index (χ3n) is 3.01. The van der Waals surface area contributed by atoms with Gasteiger partial charge in [0.05, 0.1) is 12.4 Å². The van der Waals surface area contributed by atoms with Gasteiger partial charge in [-0.2, -0.15) is 0 Å². The van der Waals surface area contributed by atoms with Crippen LogP contribution < -0.4 is 10.6 Å². The highest BCUT2D eigenvalue weighted by Crippen LogP contribution is 2.24. The number of hydrogen-bond donors (Lipinski definition) is 2. The largest absolute Gasteiger partial charge is 0.348 e. The van der Waals surface area contributed by atoms with Gasteiger partial charge in [-0.05, 0) is 31.5 Å². The fraction of sp³-hybridized carbons (Fsp3) is 0.267. The number of anilines is 2. The van der Waals surface area contributed by atoms with Gasteiger partial charge in [0.25, 0.3) is 5.91 Å². The molecule has 22 heavy (non-hydrogen) atoms. The lowest BCUT2D eigenvalue weighted by molar-refractivity contribution is 0.0934. The van der Waals surface area contributed by atoms with Crippen LogP contribution in [0.3, 0.4) is 0 Å². The maximum atomic E-state index is 11.9. The van der Waals surface area contributed by atoms with Crippen LogP contribution in [0.5, 0.6) is 0 Å². The van der Waals surface area contributed by atoms with Crippen molar-refractivity contribution in [1.82, 2.24) is 15.3 Å². The minimum atomic E-state index is -0.237. The molecule has 2 N–H and O–H groups in total. The Morgan fingerprint density at radius 1 is 1.18 bits per heavy atom. The maximum absolute atomic E-state index is 11.9. The zero-order chi connectivity index (χ0) is 16.1. The molecule has 1 amide bonds. The van der Waals surface area contributed by atoms with Crippen LogP contribution in [0, 0.1) is 0 Å². The van der Waals surface area contributed by atoms with Gasteiger partial charge in [-0.3, -0.25) is 4.79 Å². The quantitative estimate of drug-likeness (QED) is 0.862. The van der Waals surface area contributed by atoms with Crippen LogP contribution in [0.4, 0.5) is 11.5 Å². The number of halogens is 2. The highest BCUT2D eigenvalue weighted by Gasteiger charge is 2.10. The average Bonchev–Trinajstić information content (AvgIpc) is 2.46. The first-order valence-corrected chi connectivity index (χ1v) is 7.59. The van der Waals surface area contributed by atoms with Crippen LogP contribution in [0.25, 0.3) is 0 Å². The van der Waals surface area contributed by atoms with Crippen molar-refractivity contribution in [2.24, 2.45) is 0 Å². The summed E-state index contributed by atoms with van der Waals surface area (Å²) in [6.45, 7) is 3.93. The van der Waals surface area contributed by atoms with Crippen molar-refractivity contribution in [3.63, 3.8) is 0 Å². The molecular weight excluding hydrogens is 323 g/mol. The number of nitrogens with zero attached hydrogens (tertiary/aromatic N) is 2. The summed E-state index contributed by atoms with van der Waals surface area (Å²) in [7, 11) is 0. The molecule has 0 radical (unpaired) electrons. The van der Waals surface area contributed by atoms with Gasteiger partial charge in [0.1, 0.15) is 11.5 Å². The molecule has 1 atom stereocenters. The van der Waals surface area contributed by atoms with E-state index in [2.05, 4.69) is 20.6 Å². The van der Waals surface area contributed by atoms with Gasteiger partial charge in [0.2, 0.25) is 0 Å². The number of nitrogens with one attached hydrogen (secondary N) is 2. The Bertz CT molecular complexity index is 641. The molecule has 1 unspecified atom stereocenters. The van der Waals surface area contributed by atoms with Crippen molar-refractivity contribution in [3.05, 3.63) is 46.3 Å². The van der Waals surface area contributed by atoms with Crippen LogP contribution in [0.1, 0.15) is 30.8 Å². The molecule has 1 aromatic heterocycles. The van der Waals surface area contributed by atoms with E-state index in [0.29, 0.717) is 21.6 Å². The first-order chi connectivity index (χ1) is 10.5. The van der Waals surface area contributed by atoms with Gasteiger partial charge < -0.3 is 10.6 Å². The second-order valence-electron chi connectivity index (χ2n) is 4.85. The second kappa shape index (κ2) is 7.42. The van der Waals surface area contributed by atoms with Crippen LogP contribution >= 0.6 is 23.2 Å². The zero-order valence-electron chi connectivity index (χ0n) is 12.2. The van der Waals surface area contributed by atoms with Crippen LogP contribution in [-0.4, -0.2) is 21.9 Å². The fourth-order valence-electron chi connectivity index (χ4n) is 1.68. The summed E-state index contributed by atoms with van der Waals surface area (Å²) in [6, 6.07) is 5.18. The van der Waals surface area contributed by atoms with Gasteiger partial charge in [-0.25, -0.2) is 9.97 Å². The molecule has 116 valence electrons. The molecule has 0 saturated heterocycles. The van der Waals surface area contributed by atoms with E-state index in [4.69, 9.17) is 23.2 Å². The van der Waals surface area contributed by atoms with Gasteiger partial charge in [-0.1, -0.05) is 30.1 Å². The summed E-state index contributed by atoms with van der Waals surface area (Å²) in [5.41, 5.74) is 0.971. The third-order valence-corrected chi connectivity index (χ3v) is 3.45. The number of amides is 1. The fourth-order valence-corrected chi connectivity index (χ4v) is 2.21. The maximum Gasteiger partial charge on any atom is 0.271 e. The van der Waals surface area contributed by atoms with Gasteiger partial charge in [0.15, 0.2) is 0 Å². The van der Waals surface area contributed by atoms with Crippen LogP contribution in [0.15, 0.2) is 30.6 Å². The van der Waals surface area contributed by atoms with E-state index in [-0.39, 0.29) is 17.6 Å². The Morgan fingerprint density at radius 3 is 2.41 bits per heavy atom. The van der Waals surface area contributed by atoms with Crippen molar-refractivity contribution in [3.8, 4) is 0 Å². The second-order valence-corrected chi connectivity index (χ2v) is 5.73. The number of hydrogen-bond acceptors (Lipinski definition) is 4. The van der Waals surface area contributed by atoms with E-state index < -0.39 is 0 Å². The molecule has 1 aromatic carbocycles. The summed E-state index contributed by atoms with van der Waals surface area (Å²) >= 11 is 11.9. The zero-order valence-corrected chi connectivity index (χ0v) is 13.7. The molecular formula is C15H16Cl2N4O. The van der Waals surface area contributed by atoms with Crippen molar-refractivity contribution >= 4 is 40.6 Å². The Hall–Kier alpha value is -1.85. The van der Waals surface area contributed by atoms with E-state index >= 15 is 0 Å². The van der Waals surface area contributed by atoms with Crippen LogP contribution in [-0.2, 0) is 0 Å². The normalized spacial score (nSPS) is 11.8. The SMILES string of the molecule is CCC(C)NC(=O)c1cnc(Nc2cc(Cl)cc(Cl)c2)cn1. The summed E-state index contributed by atoms with van der Waals surface area (Å²) < 4.78 is 0. The first-order valence-electron chi connectivity index (χ1n) is 6.84. The number of carbonyl (C=O) groups is 1. The monoisotopic (exact) mass is 338 g/mol. The van der Waals surface area contributed by atoms with Gasteiger partial charge in [0, 0.05) is 21.8 Å². The molecule has 2 aromatic rings. The van der Waals surface area contributed by atoms with Gasteiger partial charge in [-0.15, -0.1) is 0 Å². The van der Waals surface area contributed by atoms with E-state index in [1.54, 1.807) is 18.2 Å².